The number of hydrogen-bond donors (Lipinski definition) is 1. The van der Waals surface area contributed by atoms with Crippen LogP contribution < -0.4 is 5.32 Å². The third-order valence-electron chi connectivity index (χ3n) is 5.46. The molecule has 0 spiro atoms. The summed E-state index contributed by atoms with van der Waals surface area (Å²) >= 11 is 1.07. The topological polar surface area (TPSA) is 120 Å². The Morgan fingerprint density at radius 1 is 1.30 bits per heavy atom. The van der Waals surface area contributed by atoms with Crippen LogP contribution in [0.3, 0.4) is 0 Å². The highest BCUT2D eigenvalue weighted by Gasteiger charge is 2.34. The number of carbonyl (C=O) groups is 2. The Morgan fingerprint density at radius 2 is 2.07 bits per heavy atom. The first-order chi connectivity index (χ1) is 14.3. The molecule has 0 radical (unpaired) electrons. The maximum atomic E-state index is 13.0. The van der Waals surface area contributed by atoms with E-state index in [1.54, 1.807) is 18.5 Å². The normalized spacial score (nSPS) is 20.0. The zero-order valence-corrected chi connectivity index (χ0v) is 18.6. The summed E-state index contributed by atoms with van der Waals surface area (Å²) in [6.45, 7) is 3.68. The van der Waals surface area contributed by atoms with Gasteiger partial charge >= 0.3 is 5.97 Å². The molecule has 1 fully saturated rings. The van der Waals surface area contributed by atoms with Crippen molar-refractivity contribution in [3.05, 3.63) is 27.5 Å². The second kappa shape index (κ2) is 8.10. The van der Waals surface area contributed by atoms with E-state index >= 15 is 0 Å². The van der Waals surface area contributed by atoms with Crippen molar-refractivity contribution in [2.24, 2.45) is 0 Å². The first-order valence-electron chi connectivity index (χ1n) is 10.1. The van der Waals surface area contributed by atoms with Gasteiger partial charge in [0.1, 0.15) is 4.88 Å². The molecule has 2 aliphatic rings. The molecule has 1 atom stereocenters. The van der Waals surface area contributed by atoms with Crippen LogP contribution in [0.1, 0.15) is 69.3 Å². The summed E-state index contributed by atoms with van der Waals surface area (Å²) in [6, 6.07) is -0.221. The SMILES string of the molecule is CCOC(=O)c1sc(NC(=O)c2nn([C@@H]3CCS(=O)(=O)C3)c3c2CCCC3)nc1C. The van der Waals surface area contributed by atoms with E-state index < -0.39 is 21.7 Å². The molecule has 1 aliphatic carbocycles. The number of amides is 1. The van der Waals surface area contributed by atoms with Crippen molar-refractivity contribution in [3.8, 4) is 0 Å². The number of ether oxygens (including phenoxy) is 1. The monoisotopic (exact) mass is 452 g/mol. The minimum absolute atomic E-state index is 0.0662. The van der Waals surface area contributed by atoms with Crippen LogP contribution in [-0.4, -0.2) is 53.2 Å². The van der Waals surface area contributed by atoms with Crippen LogP contribution in [0.25, 0.3) is 0 Å². The Morgan fingerprint density at radius 3 is 2.77 bits per heavy atom. The van der Waals surface area contributed by atoms with Crippen molar-refractivity contribution in [1.82, 2.24) is 14.8 Å². The quantitative estimate of drug-likeness (QED) is 0.691. The molecule has 4 rings (SSSR count). The summed E-state index contributed by atoms with van der Waals surface area (Å²) in [5.74, 6) is -0.631. The fourth-order valence-corrected chi connectivity index (χ4v) is 6.62. The van der Waals surface area contributed by atoms with Crippen molar-refractivity contribution in [1.29, 1.82) is 0 Å². The van der Waals surface area contributed by atoms with E-state index in [4.69, 9.17) is 4.74 Å². The van der Waals surface area contributed by atoms with Crippen molar-refractivity contribution >= 4 is 38.2 Å². The van der Waals surface area contributed by atoms with Gasteiger partial charge in [0.25, 0.3) is 5.91 Å². The van der Waals surface area contributed by atoms with Gasteiger partial charge in [-0.1, -0.05) is 11.3 Å². The molecule has 9 nitrogen and oxygen atoms in total. The van der Waals surface area contributed by atoms with Gasteiger partial charge in [0, 0.05) is 11.3 Å². The van der Waals surface area contributed by atoms with Crippen molar-refractivity contribution in [2.45, 2.75) is 52.0 Å². The zero-order chi connectivity index (χ0) is 21.5. The molecular weight excluding hydrogens is 428 g/mol. The molecule has 2 aromatic rings. The lowest BCUT2D eigenvalue weighted by atomic mass is 9.95. The Bertz CT molecular complexity index is 1100. The Hall–Kier alpha value is -2.27. The lowest BCUT2D eigenvalue weighted by Gasteiger charge is -2.17. The van der Waals surface area contributed by atoms with E-state index in [0.29, 0.717) is 27.8 Å². The van der Waals surface area contributed by atoms with Crippen molar-refractivity contribution < 1.29 is 22.7 Å². The number of aryl methyl sites for hydroxylation is 1. The van der Waals surface area contributed by atoms with Crippen molar-refractivity contribution in [3.63, 3.8) is 0 Å². The van der Waals surface area contributed by atoms with Crippen LogP contribution in [0, 0.1) is 6.92 Å². The summed E-state index contributed by atoms with van der Waals surface area (Å²) in [4.78, 5) is 29.6. The molecular formula is C19H24N4O5S2. The first-order valence-corrected chi connectivity index (χ1v) is 12.7. The highest BCUT2D eigenvalue weighted by Crippen LogP contribution is 2.32. The van der Waals surface area contributed by atoms with Crippen LogP contribution in [0.4, 0.5) is 5.13 Å². The van der Waals surface area contributed by atoms with Crippen molar-refractivity contribution in [2.75, 3.05) is 23.4 Å². The molecule has 1 amide bonds. The van der Waals surface area contributed by atoms with E-state index in [2.05, 4.69) is 15.4 Å². The fraction of sp³-hybridized carbons (Fsp3) is 0.579. The number of hydrogen-bond acceptors (Lipinski definition) is 8. The van der Waals surface area contributed by atoms with E-state index in [9.17, 15) is 18.0 Å². The molecule has 1 aliphatic heterocycles. The van der Waals surface area contributed by atoms with Gasteiger partial charge in [0.15, 0.2) is 20.7 Å². The minimum atomic E-state index is -3.06. The number of thiazole rings is 1. The molecule has 0 unspecified atom stereocenters. The third kappa shape index (κ3) is 4.00. The van der Waals surface area contributed by atoms with Gasteiger partial charge in [-0.3, -0.25) is 14.8 Å². The minimum Gasteiger partial charge on any atom is -0.462 e. The van der Waals surface area contributed by atoms with E-state index in [0.717, 1.165) is 48.3 Å². The maximum Gasteiger partial charge on any atom is 0.350 e. The lowest BCUT2D eigenvalue weighted by molar-refractivity contribution is 0.0531. The highest BCUT2D eigenvalue weighted by atomic mass is 32.2. The van der Waals surface area contributed by atoms with Crippen LogP contribution >= 0.6 is 11.3 Å². The lowest BCUT2D eigenvalue weighted by Crippen LogP contribution is -2.17. The van der Waals surface area contributed by atoms with Crippen LogP contribution in [-0.2, 0) is 27.4 Å². The van der Waals surface area contributed by atoms with Gasteiger partial charge < -0.3 is 4.74 Å². The van der Waals surface area contributed by atoms with Gasteiger partial charge in [-0.05, 0) is 46.0 Å². The molecule has 0 bridgehead atoms. The number of esters is 1. The van der Waals surface area contributed by atoms with Gasteiger partial charge in [-0.2, -0.15) is 5.10 Å². The van der Waals surface area contributed by atoms with E-state index in [-0.39, 0.29) is 24.2 Å². The van der Waals surface area contributed by atoms with E-state index in [1.807, 2.05) is 0 Å². The summed E-state index contributed by atoms with van der Waals surface area (Å²) < 4.78 is 30.7. The average Bonchev–Trinajstić information content (AvgIpc) is 3.36. The Labute approximate surface area is 178 Å². The number of fused-ring (bicyclic) bond motifs is 1. The summed E-state index contributed by atoms with van der Waals surface area (Å²) in [5.41, 5.74) is 2.68. The standard InChI is InChI=1S/C19H24N4O5S2/c1-3-28-18(25)16-11(2)20-19(29-16)21-17(24)15-13-6-4-5-7-14(13)23(22-15)12-8-9-30(26,27)10-12/h12H,3-10H2,1-2H3,(H,20,21,24)/t12-/m1/s1. The van der Waals surface area contributed by atoms with Gasteiger partial charge in [-0.25, -0.2) is 18.2 Å². The van der Waals surface area contributed by atoms with Gasteiger partial charge in [0.2, 0.25) is 0 Å². The molecule has 2 aromatic heterocycles. The number of sulfone groups is 1. The largest absolute Gasteiger partial charge is 0.462 e. The molecule has 3 heterocycles. The second-order valence-corrected chi connectivity index (χ2v) is 10.8. The summed E-state index contributed by atoms with van der Waals surface area (Å²) in [7, 11) is -3.06. The number of rotatable bonds is 5. The molecule has 0 aromatic carbocycles. The van der Waals surface area contributed by atoms with E-state index in [1.165, 1.54) is 0 Å². The molecule has 30 heavy (non-hydrogen) atoms. The predicted molar refractivity (Wildman–Crippen MR) is 112 cm³/mol. The number of nitrogens with zero attached hydrogens (tertiary/aromatic N) is 3. The van der Waals surface area contributed by atoms with Gasteiger partial charge in [0.05, 0.1) is 29.8 Å². The fourth-order valence-electron chi connectivity index (χ4n) is 4.07. The second-order valence-electron chi connectivity index (χ2n) is 7.59. The summed E-state index contributed by atoms with van der Waals surface area (Å²) in [6.07, 6.45) is 4.00. The molecule has 1 N–H and O–H groups in total. The van der Waals surface area contributed by atoms with Gasteiger partial charge in [-0.15, -0.1) is 0 Å². The molecule has 11 heteroatoms. The number of carbonyl (C=O) groups excluding carboxylic acids is 2. The average molecular weight is 453 g/mol. The number of aromatic nitrogens is 3. The Balaban J connectivity index is 1.60. The number of anilines is 1. The molecule has 0 saturated carbocycles. The van der Waals surface area contributed by atoms with Crippen LogP contribution in [0.2, 0.25) is 0 Å². The predicted octanol–water partition coefficient (Wildman–Crippen LogP) is 2.32. The smallest absolute Gasteiger partial charge is 0.350 e. The molecule has 1 saturated heterocycles. The van der Waals surface area contributed by atoms with Crippen LogP contribution in [0.5, 0.6) is 0 Å². The first kappa shape index (κ1) is 21.0. The Kier molecular flexibility index (Phi) is 5.67. The van der Waals surface area contributed by atoms with Crippen LogP contribution in [0.15, 0.2) is 0 Å². The number of nitrogens with one attached hydrogen (secondary N) is 1. The molecule has 162 valence electrons. The third-order valence-corrected chi connectivity index (χ3v) is 8.26. The zero-order valence-electron chi connectivity index (χ0n) is 16.9. The summed E-state index contributed by atoms with van der Waals surface area (Å²) in [5, 5.41) is 7.62. The highest BCUT2D eigenvalue weighted by molar-refractivity contribution is 7.91. The maximum absolute atomic E-state index is 13.0.